The Kier molecular flexibility index (Phi) is 4.28. The van der Waals surface area contributed by atoms with Gasteiger partial charge in [0.25, 0.3) is 0 Å². The monoisotopic (exact) mass is 249 g/mol. The molecule has 0 aromatic heterocycles. The van der Waals surface area contributed by atoms with E-state index in [-0.39, 0.29) is 5.91 Å². The SMILES string of the molecule is CCNC(=O)C1CN(C)CCN1S(C)(=O)=O. The number of hydrogen-bond donors (Lipinski definition) is 1. The molecule has 1 fully saturated rings. The molecular weight excluding hydrogens is 230 g/mol. The molecule has 1 amide bonds. The largest absolute Gasteiger partial charge is 0.355 e. The molecule has 1 N–H and O–H groups in total. The lowest BCUT2D eigenvalue weighted by Gasteiger charge is -2.37. The topological polar surface area (TPSA) is 69.7 Å². The Bertz CT molecular complexity index is 355. The van der Waals surface area contributed by atoms with E-state index in [1.165, 1.54) is 4.31 Å². The van der Waals surface area contributed by atoms with Crippen LogP contribution in [0.3, 0.4) is 0 Å². The second kappa shape index (κ2) is 5.11. The van der Waals surface area contributed by atoms with Gasteiger partial charge in [-0.1, -0.05) is 0 Å². The molecule has 1 rings (SSSR count). The number of likely N-dealkylation sites (N-methyl/N-ethyl adjacent to an activating group) is 2. The molecule has 0 saturated carbocycles. The summed E-state index contributed by atoms with van der Waals surface area (Å²) in [6.45, 7) is 3.80. The molecule has 6 nitrogen and oxygen atoms in total. The molecule has 0 aromatic rings. The number of sulfonamides is 1. The predicted octanol–water partition coefficient (Wildman–Crippen LogP) is -1.30. The molecule has 1 aliphatic rings. The van der Waals surface area contributed by atoms with Crippen LogP contribution in [0.5, 0.6) is 0 Å². The number of carbonyl (C=O) groups is 1. The Balaban J connectivity index is 2.85. The van der Waals surface area contributed by atoms with Crippen molar-refractivity contribution >= 4 is 15.9 Å². The summed E-state index contributed by atoms with van der Waals surface area (Å²) in [4.78, 5) is 13.7. The standard InChI is InChI=1S/C9H19N3O3S/c1-4-10-9(13)8-7-11(2)5-6-12(8)16(3,14)15/h8H,4-7H2,1-3H3,(H,10,13). The minimum absolute atomic E-state index is 0.223. The van der Waals surface area contributed by atoms with Crippen LogP contribution in [0.25, 0.3) is 0 Å². The van der Waals surface area contributed by atoms with E-state index in [1.807, 2.05) is 18.9 Å². The van der Waals surface area contributed by atoms with Gasteiger partial charge in [-0.15, -0.1) is 0 Å². The van der Waals surface area contributed by atoms with Crippen LogP contribution < -0.4 is 5.32 Å². The lowest BCUT2D eigenvalue weighted by molar-refractivity contribution is -0.126. The van der Waals surface area contributed by atoms with E-state index in [0.717, 1.165) is 6.26 Å². The van der Waals surface area contributed by atoms with E-state index in [1.54, 1.807) is 0 Å². The maximum atomic E-state index is 11.8. The number of piperazine rings is 1. The van der Waals surface area contributed by atoms with Crippen molar-refractivity contribution in [2.45, 2.75) is 13.0 Å². The molecule has 1 heterocycles. The maximum absolute atomic E-state index is 11.8. The van der Waals surface area contributed by atoms with Gasteiger partial charge in [-0.3, -0.25) is 4.79 Å². The average Bonchev–Trinajstić information content (AvgIpc) is 2.16. The van der Waals surface area contributed by atoms with E-state index in [2.05, 4.69) is 5.32 Å². The van der Waals surface area contributed by atoms with E-state index < -0.39 is 16.1 Å². The molecular formula is C9H19N3O3S. The molecule has 1 aliphatic heterocycles. The number of nitrogens with one attached hydrogen (secondary N) is 1. The highest BCUT2D eigenvalue weighted by molar-refractivity contribution is 7.88. The highest BCUT2D eigenvalue weighted by atomic mass is 32.2. The second-order valence-electron chi connectivity index (χ2n) is 4.05. The van der Waals surface area contributed by atoms with Gasteiger partial charge < -0.3 is 10.2 Å². The zero-order chi connectivity index (χ0) is 12.3. The van der Waals surface area contributed by atoms with Crippen molar-refractivity contribution < 1.29 is 13.2 Å². The summed E-state index contributed by atoms with van der Waals surface area (Å²) in [5, 5.41) is 2.67. The maximum Gasteiger partial charge on any atom is 0.239 e. The lowest BCUT2D eigenvalue weighted by Crippen LogP contribution is -2.59. The normalized spacial score (nSPS) is 24.3. The zero-order valence-corrected chi connectivity index (χ0v) is 10.7. The summed E-state index contributed by atoms with van der Waals surface area (Å²) < 4.78 is 24.4. The van der Waals surface area contributed by atoms with Gasteiger partial charge in [0.2, 0.25) is 15.9 Å². The minimum atomic E-state index is -3.32. The van der Waals surface area contributed by atoms with Crippen molar-refractivity contribution in [1.82, 2.24) is 14.5 Å². The first-order chi connectivity index (χ1) is 7.36. The van der Waals surface area contributed by atoms with Gasteiger partial charge in [0.15, 0.2) is 0 Å². The molecule has 16 heavy (non-hydrogen) atoms. The van der Waals surface area contributed by atoms with Crippen LogP contribution in [0.2, 0.25) is 0 Å². The molecule has 0 spiro atoms. The van der Waals surface area contributed by atoms with Crippen LogP contribution in [-0.2, 0) is 14.8 Å². The van der Waals surface area contributed by atoms with Crippen LogP contribution >= 0.6 is 0 Å². The summed E-state index contributed by atoms with van der Waals surface area (Å²) in [5.41, 5.74) is 0. The quantitative estimate of drug-likeness (QED) is 0.675. The van der Waals surface area contributed by atoms with Crippen molar-refractivity contribution in [3.05, 3.63) is 0 Å². The number of hydrogen-bond acceptors (Lipinski definition) is 4. The van der Waals surface area contributed by atoms with Crippen LogP contribution in [0.4, 0.5) is 0 Å². The fourth-order valence-electron chi connectivity index (χ4n) is 1.81. The molecule has 0 aliphatic carbocycles. The molecule has 0 bridgehead atoms. The predicted molar refractivity (Wildman–Crippen MR) is 61.5 cm³/mol. The van der Waals surface area contributed by atoms with Gasteiger partial charge in [0.1, 0.15) is 6.04 Å². The van der Waals surface area contributed by atoms with Gasteiger partial charge >= 0.3 is 0 Å². The van der Waals surface area contributed by atoms with Crippen molar-refractivity contribution in [2.24, 2.45) is 0 Å². The zero-order valence-electron chi connectivity index (χ0n) is 9.93. The highest BCUT2D eigenvalue weighted by Gasteiger charge is 2.35. The van der Waals surface area contributed by atoms with Crippen LogP contribution in [0, 0.1) is 0 Å². The summed E-state index contributed by atoms with van der Waals surface area (Å²) in [7, 11) is -1.44. The first kappa shape index (κ1) is 13.4. The molecule has 7 heteroatoms. The van der Waals surface area contributed by atoms with Crippen molar-refractivity contribution in [1.29, 1.82) is 0 Å². The molecule has 1 unspecified atom stereocenters. The van der Waals surface area contributed by atoms with Crippen molar-refractivity contribution in [2.75, 3.05) is 39.5 Å². The number of nitrogens with zero attached hydrogens (tertiary/aromatic N) is 2. The van der Waals surface area contributed by atoms with Crippen molar-refractivity contribution in [3.8, 4) is 0 Å². The van der Waals surface area contributed by atoms with Gasteiger partial charge in [0.05, 0.1) is 6.26 Å². The first-order valence-corrected chi connectivity index (χ1v) is 7.14. The first-order valence-electron chi connectivity index (χ1n) is 5.29. The Morgan fingerprint density at radius 1 is 1.44 bits per heavy atom. The van der Waals surface area contributed by atoms with E-state index in [0.29, 0.717) is 26.2 Å². The molecule has 0 aromatic carbocycles. The summed E-state index contributed by atoms with van der Waals surface area (Å²) in [6, 6.07) is -0.603. The number of amides is 1. The van der Waals surface area contributed by atoms with Crippen LogP contribution in [0.15, 0.2) is 0 Å². The van der Waals surface area contributed by atoms with Crippen LogP contribution in [-0.4, -0.2) is 69.1 Å². The van der Waals surface area contributed by atoms with E-state index in [4.69, 9.17) is 0 Å². The smallest absolute Gasteiger partial charge is 0.239 e. The highest BCUT2D eigenvalue weighted by Crippen LogP contribution is 2.12. The summed E-state index contributed by atoms with van der Waals surface area (Å²) >= 11 is 0. The Morgan fingerprint density at radius 3 is 2.56 bits per heavy atom. The Labute approximate surface area is 96.6 Å². The van der Waals surface area contributed by atoms with Crippen molar-refractivity contribution in [3.63, 3.8) is 0 Å². The van der Waals surface area contributed by atoms with Gasteiger partial charge in [-0.2, -0.15) is 4.31 Å². The Hall–Kier alpha value is -0.660. The third-order valence-electron chi connectivity index (χ3n) is 2.61. The van der Waals surface area contributed by atoms with Gasteiger partial charge in [-0.05, 0) is 14.0 Å². The molecule has 1 atom stereocenters. The third-order valence-corrected chi connectivity index (χ3v) is 3.90. The van der Waals surface area contributed by atoms with Crippen LogP contribution in [0.1, 0.15) is 6.92 Å². The fourth-order valence-corrected chi connectivity index (χ4v) is 2.84. The van der Waals surface area contributed by atoms with E-state index >= 15 is 0 Å². The molecule has 1 saturated heterocycles. The summed E-state index contributed by atoms with van der Waals surface area (Å²) in [6.07, 6.45) is 1.14. The lowest BCUT2D eigenvalue weighted by atomic mass is 10.2. The third kappa shape index (κ3) is 3.16. The average molecular weight is 249 g/mol. The second-order valence-corrected chi connectivity index (χ2v) is 5.98. The van der Waals surface area contributed by atoms with Gasteiger partial charge in [-0.25, -0.2) is 8.42 Å². The Morgan fingerprint density at radius 2 is 2.06 bits per heavy atom. The van der Waals surface area contributed by atoms with E-state index in [9.17, 15) is 13.2 Å². The summed E-state index contributed by atoms with van der Waals surface area (Å²) in [5.74, 6) is -0.223. The van der Waals surface area contributed by atoms with Gasteiger partial charge in [0, 0.05) is 26.2 Å². The number of carbonyl (C=O) groups excluding carboxylic acids is 1. The molecule has 94 valence electrons. The fraction of sp³-hybridized carbons (Fsp3) is 0.889. The molecule has 0 radical (unpaired) electrons. The minimum Gasteiger partial charge on any atom is -0.355 e. The number of rotatable bonds is 3.